The number of hydrogen-bond donors (Lipinski definition) is 1. The minimum atomic E-state index is -1.11. The van der Waals surface area contributed by atoms with Crippen molar-refractivity contribution in [3.05, 3.63) is 90.0 Å². The van der Waals surface area contributed by atoms with Crippen molar-refractivity contribution in [2.75, 3.05) is 17.3 Å². The van der Waals surface area contributed by atoms with Gasteiger partial charge in [-0.05, 0) is 60.2 Å². The lowest BCUT2D eigenvalue weighted by Crippen LogP contribution is -2.37. The second-order valence-electron chi connectivity index (χ2n) is 7.69. The number of ether oxygens (including phenoxy) is 1. The Kier molecular flexibility index (Phi) is 6.53. The summed E-state index contributed by atoms with van der Waals surface area (Å²) in [4.78, 5) is 41.5. The number of carbonyl (C=O) groups is 3. The van der Waals surface area contributed by atoms with Crippen LogP contribution in [-0.4, -0.2) is 35.9 Å². The average Bonchev–Trinajstić information content (AvgIpc) is 3.04. The third kappa shape index (κ3) is 4.88. The Morgan fingerprint density at radius 3 is 2.41 bits per heavy atom. The molecular weight excluding hydrogens is 444 g/mol. The summed E-state index contributed by atoms with van der Waals surface area (Å²) in [7, 11) is 1.51. The monoisotopic (exact) mass is 465 g/mol. The molecule has 4 rings (SSSR count). The molecule has 3 aromatic carbocycles. The van der Waals surface area contributed by atoms with Crippen LogP contribution in [0.15, 0.2) is 72.8 Å². The third-order valence-electron chi connectivity index (χ3n) is 5.38. The average molecular weight is 465 g/mol. The van der Waals surface area contributed by atoms with Crippen molar-refractivity contribution in [2.45, 2.75) is 19.0 Å². The van der Waals surface area contributed by atoms with Gasteiger partial charge in [-0.15, -0.1) is 0 Å². The molecule has 1 heterocycles. The second kappa shape index (κ2) is 9.70. The van der Waals surface area contributed by atoms with Crippen LogP contribution in [0.5, 0.6) is 5.75 Å². The number of nitrogens with zero attached hydrogens (tertiary/aromatic N) is 2. The molecule has 0 unspecified atom stereocenters. The van der Waals surface area contributed by atoms with Gasteiger partial charge >= 0.3 is 6.03 Å². The van der Waals surface area contributed by atoms with Crippen molar-refractivity contribution in [3.63, 3.8) is 0 Å². The van der Waals surface area contributed by atoms with E-state index >= 15 is 0 Å². The summed E-state index contributed by atoms with van der Waals surface area (Å²) in [6, 6.07) is 15.5. The SMILES string of the molecule is COc1cccc(CN2C(=O)N(c3ccc(F)cc3)C(=O)[C@@H]2CC(=O)Nc2cccc(F)c2)c1. The number of halogens is 2. The molecule has 4 amide bonds. The molecule has 0 radical (unpaired) electrons. The minimum Gasteiger partial charge on any atom is -0.497 e. The lowest BCUT2D eigenvalue weighted by atomic mass is 10.1. The molecule has 1 aliphatic heterocycles. The van der Waals surface area contributed by atoms with Crippen LogP contribution in [0.1, 0.15) is 12.0 Å². The van der Waals surface area contributed by atoms with E-state index in [0.717, 1.165) is 23.1 Å². The number of anilines is 2. The summed E-state index contributed by atoms with van der Waals surface area (Å²) in [5.41, 5.74) is 1.12. The summed E-state index contributed by atoms with van der Waals surface area (Å²) in [5, 5.41) is 2.55. The van der Waals surface area contributed by atoms with Gasteiger partial charge < -0.3 is 15.0 Å². The molecule has 9 heteroatoms. The highest BCUT2D eigenvalue weighted by molar-refractivity contribution is 6.22. The zero-order chi connectivity index (χ0) is 24.2. The Bertz CT molecular complexity index is 1230. The molecule has 174 valence electrons. The van der Waals surface area contributed by atoms with Crippen molar-refractivity contribution in [1.82, 2.24) is 4.90 Å². The van der Waals surface area contributed by atoms with E-state index in [1.165, 1.54) is 42.3 Å². The van der Waals surface area contributed by atoms with E-state index in [4.69, 9.17) is 4.74 Å². The fraction of sp³-hybridized carbons (Fsp3) is 0.160. The largest absolute Gasteiger partial charge is 0.497 e. The standard InChI is InChI=1S/C25H21F2N3O4/c1-34-21-7-2-4-16(12-21)15-29-22(14-23(31)28-19-6-3-5-18(27)13-19)24(32)30(25(29)33)20-10-8-17(26)9-11-20/h2-13,22H,14-15H2,1H3,(H,28,31)/t22-/m0/s1. The van der Waals surface area contributed by atoms with Crippen LogP contribution in [0.2, 0.25) is 0 Å². The highest BCUT2D eigenvalue weighted by atomic mass is 19.1. The minimum absolute atomic E-state index is 0.0391. The number of nitrogens with one attached hydrogen (secondary N) is 1. The van der Waals surface area contributed by atoms with E-state index in [1.54, 1.807) is 24.3 Å². The first kappa shape index (κ1) is 22.9. The Labute approximate surface area is 194 Å². The Hall–Kier alpha value is -4.27. The fourth-order valence-electron chi connectivity index (χ4n) is 3.76. The normalized spacial score (nSPS) is 15.6. The molecule has 1 aliphatic rings. The van der Waals surface area contributed by atoms with Crippen molar-refractivity contribution in [3.8, 4) is 5.75 Å². The predicted octanol–water partition coefficient (Wildman–Crippen LogP) is 4.34. The fourth-order valence-corrected chi connectivity index (χ4v) is 3.76. The predicted molar refractivity (Wildman–Crippen MR) is 121 cm³/mol. The second-order valence-corrected chi connectivity index (χ2v) is 7.69. The van der Waals surface area contributed by atoms with Gasteiger partial charge in [0.1, 0.15) is 23.4 Å². The summed E-state index contributed by atoms with van der Waals surface area (Å²) in [5.74, 6) is -1.64. The van der Waals surface area contributed by atoms with Crippen molar-refractivity contribution in [1.29, 1.82) is 0 Å². The molecule has 0 aliphatic carbocycles. The lowest BCUT2D eigenvalue weighted by Gasteiger charge is -2.22. The third-order valence-corrected chi connectivity index (χ3v) is 5.38. The molecule has 0 saturated carbocycles. The van der Waals surface area contributed by atoms with Crippen LogP contribution in [-0.2, 0) is 16.1 Å². The van der Waals surface area contributed by atoms with E-state index < -0.39 is 35.5 Å². The zero-order valence-electron chi connectivity index (χ0n) is 18.2. The van der Waals surface area contributed by atoms with E-state index in [9.17, 15) is 23.2 Å². The lowest BCUT2D eigenvalue weighted by molar-refractivity contribution is -0.124. The maximum absolute atomic E-state index is 13.5. The number of urea groups is 1. The molecule has 34 heavy (non-hydrogen) atoms. The van der Waals surface area contributed by atoms with E-state index in [1.807, 2.05) is 0 Å². The maximum atomic E-state index is 13.5. The summed E-state index contributed by atoms with van der Waals surface area (Å²) in [6.07, 6.45) is -0.344. The number of amides is 4. The molecule has 1 fully saturated rings. The van der Waals surface area contributed by atoms with Gasteiger partial charge in [0.2, 0.25) is 5.91 Å². The van der Waals surface area contributed by atoms with E-state index in [2.05, 4.69) is 5.32 Å². The topological polar surface area (TPSA) is 79.0 Å². The molecule has 3 aromatic rings. The zero-order valence-corrected chi connectivity index (χ0v) is 18.2. The number of rotatable bonds is 7. The molecular formula is C25H21F2N3O4. The molecule has 7 nitrogen and oxygen atoms in total. The van der Waals surface area contributed by atoms with Gasteiger partial charge in [0.15, 0.2) is 0 Å². The quantitative estimate of drug-likeness (QED) is 0.527. The summed E-state index contributed by atoms with van der Waals surface area (Å²) >= 11 is 0. The van der Waals surface area contributed by atoms with Crippen LogP contribution in [0.3, 0.4) is 0 Å². The first-order valence-electron chi connectivity index (χ1n) is 10.4. The summed E-state index contributed by atoms with van der Waals surface area (Å²) in [6.45, 7) is 0.0391. The van der Waals surface area contributed by atoms with Gasteiger partial charge in [-0.3, -0.25) is 9.59 Å². The van der Waals surface area contributed by atoms with E-state index in [-0.39, 0.29) is 24.3 Å². The van der Waals surface area contributed by atoms with Gasteiger partial charge in [0.25, 0.3) is 5.91 Å². The van der Waals surface area contributed by atoms with Crippen molar-refractivity contribution in [2.24, 2.45) is 0 Å². The van der Waals surface area contributed by atoms with Crippen LogP contribution in [0.4, 0.5) is 25.0 Å². The molecule has 0 bridgehead atoms. The van der Waals surface area contributed by atoms with Gasteiger partial charge in [0, 0.05) is 12.2 Å². The van der Waals surface area contributed by atoms with Crippen molar-refractivity contribution < 1.29 is 27.9 Å². The van der Waals surface area contributed by atoms with E-state index in [0.29, 0.717) is 11.3 Å². The maximum Gasteiger partial charge on any atom is 0.332 e. The van der Waals surface area contributed by atoms with Gasteiger partial charge in [-0.1, -0.05) is 18.2 Å². The molecule has 0 aromatic heterocycles. The Morgan fingerprint density at radius 2 is 1.71 bits per heavy atom. The Morgan fingerprint density at radius 1 is 0.971 bits per heavy atom. The van der Waals surface area contributed by atoms with Crippen LogP contribution >= 0.6 is 0 Å². The highest BCUT2D eigenvalue weighted by Crippen LogP contribution is 2.29. The van der Waals surface area contributed by atoms with Gasteiger partial charge in [0.05, 0.1) is 19.2 Å². The first-order chi connectivity index (χ1) is 16.4. The number of hydrogen-bond acceptors (Lipinski definition) is 4. The van der Waals surface area contributed by atoms with Crippen LogP contribution in [0.25, 0.3) is 0 Å². The molecule has 0 spiro atoms. The number of imide groups is 1. The highest BCUT2D eigenvalue weighted by Gasteiger charge is 2.46. The molecule has 1 N–H and O–H groups in total. The smallest absolute Gasteiger partial charge is 0.332 e. The van der Waals surface area contributed by atoms with Crippen LogP contribution < -0.4 is 15.0 Å². The number of benzene rings is 3. The van der Waals surface area contributed by atoms with Crippen LogP contribution in [0, 0.1) is 11.6 Å². The first-order valence-corrected chi connectivity index (χ1v) is 10.4. The van der Waals surface area contributed by atoms with Crippen molar-refractivity contribution >= 4 is 29.2 Å². The number of carbonyl (C=O) groups excluding carboxylic acids is 3. The van der Waals surface area contributed by atoms with Gasteiger partial charge in [-0.25, -0.2) is 18.5 Å². The molecule has 1 atom stereocenters. The number of methoxy groups -OCH3 is 1. The summed E-state index contributed by atoms with van der Waals surface area (Å²) < 4.78 is 32.1. The molecule has 1 saturated heterocycles. The van der Waals surface area contributed by atoms with Gasteiger partial charge in [-0.2, -0.15) is 0 Å². The Balaban J connectivity index is 1.61.